The monoisotopic (exact) mass is 422 g/mol. The van der Waals surface area contributed by atoms with E-state index in [1.165, 1.54) is 25.7 Å². The number of hydrogen-bond acceptors (Lipinski definition) is 6. The number of nitrogens with one attached hydrogen (secondary N) is 1. The molecule has 1 fully saturated rings. The van der Waals surface area contributed by atoms with Gasteiger partial charge < -0.3 is 9.88 Å². The average molecular weight is 423 g/mol. The lowest BCUT2D eigenvalue weighted by Crippen LogP contribution is -2.25. The Hall–Kier alpha value is -2.74. The number of nitrogens with zero attached hydrogens (tertiary/aromatic N) is 5. The molecule has 3 aromatic rings. The first-order chi connectivity index (χ1) is 14.8. The van der Waals surface area contributed by atoms with Gasteiger partial charge in [0.05, 0.1) is 5.56 Å². The Morgan fingerprint density at radius 3 is 2.57 bits per heavy atom. The standard InChI is InChI=1S/C22H26N6OS/c1-30-22-27-26-19(28(22)18-10-5-6-11-18)12-7-13-23-21(29)17-14-24-20(25-15-17)16-8-3-2-4-9-16/h2-4,8-9,14-15,18H,5-7,10-13H2,1H3,(H,23,29). The molecule has 1 saturated carbocycles. The van der Waals surface area contributed by atoms with Crippen molar-refractivity contribution in [1.29, 1.82) is 0 Å². The predicted molar refractivity (Wildman–Crippen MR) is 117 cm³/mol. The van der Waals surface area contributed by atoms with Crippen LogP contribution in [-0.4, -0.2) is 43.4 Å². The molecule has 0 radical (unpaired) electrons. The highest BCUT2D eigenvalue weighted by Crippen LogP contribution is 2.33. The van der Waals surface area contributed by atoms with Gasteiger partial charge in [0.2, 0.25) is 0 Å². The van der Waals surface area contributed by atoms with Crippen LogP contribution in [0.3, 0.4) is 0 Å². The number of thioether (sulfide) groups is 1. The van der Waals surface area contributed by atoms with E-state index < -0.39 is 0 Å². The molecule has 0 aliphatic heterocycles. The van der Waals surface area contributed by atoms with Crippen LogP contribution in [0.4, 0.5) is 0 Å². The Morgan fingerprint density at radius 1 is 1.13 bits per heavy atom. The molecule has 1 amide bonds. The largest absolute Gasteiger partial charge is 0.352 e. The number of hydrogen-bond donors (Lipinski definition) is 1. The van der Waals surface area contributed by atoms with E-state index in [0.717, 1.165) is 29.4 Å². The van der Waals surface area contributed by atoms with E-state index in [4.69, 9.17) is 0 Å². The first kappa shape index (κ1) is 20.5. The normalized spacial score (nSPS) is 14.2. The maximum Gasteiger partial charge on any atom is 0.254 e. The van der Waals surface area contributed by atoms with E-state index in [1.807, 2.05) is 36.6 Å². The number of carbonyl (C=O) groups excluding carboxylic acids is 1. The Labute approximate surface area is 180 Å². The number of carbonyl (C=O) groups is 1. The van der Waals surface area contributed by atoms with Crippen LogP contribution < -0.4 is 5.32 Å². The molecule has 2 aromatic heterocycles. The first-order valence-electron chi connectivity index (χ1n) is 10.4. The lowest BCUT2D eigenvalue weighted by atomic mass is 10.2. The van der Waals surface area contributed by atoms with Gasteiger partial charge in [-0.15, -0.1) is 10.2 Å². The third-order valence-electron chi connectivity index (χ3n) is 5.42. The predicted octanol–water partition coefficient (Wildman–Crippen LogP) is 3.93. The molecule has 0 unspecified atom stereocenters. The van der Waals surface area contributed by atoms with E-state index in [9.17, 15) is 4.79 Å². The SMILES string of the molecule is CSc1nnc(CCCNC(=O)c2cnc(-c3ccccc3)nc2)n1C1CCCC1. The van der Waals surface area contributed by atoms with Gasteiger partial charge in [-0.1, -0.05) is 54.9 Å². The highest BCUT2D eigenvalue weighted by atomic mass is 32.2. The van der Waals surface area contributed by atoms with Crippen molar-refractivity contribution in [2.75, 3.05) is 12.8 Å². The van der Waals surface area contributed by atoms with Gasteiger partial charge in [0.15, 0.2) is 11.0 Å². The van der Waals surface area contributed by atoms with Gasteiger partial charge in [0.1, 0.15) is 5.82 Å². The zero-order chi connectivity index (χ0) is 20.8. The molecule has 1 aliphatic carbocycles. The molecule has 1 aromatic carbocycles. The minimum atomic E-state index is -0.156. The minimum absolute atomic E-state index is 0.156. The molecule has 156 valence electrons. The number of amides is 1. The molecule has 2 heterocycles. The van der Waals surface area contributed by atoms with Crippen LogP contribution >= 0.6 is 11.8 Å². The van der Waals surface area contributed by atoms with Crippen molar-refractivity contribution >= 4 is 17.7 Å². The van der Waals surface area contributed by atoms with Crippen LogP contribution in [-0.2, 0) is 6.42 Å². The molecule has 0 atom stereocenters. The van der Waals surface area contributed by atoms with Crippen LogP contribution in [0.5, 0.6) is 0 Å². The molecule has 4 rings (SSSR count). The highest BCUT2D eigenvalue weighted by molar-refractivity contribution is 7.98. The molecule has 1 N–H and O–H groups in total. The van der Waals surface area contributed by atoms with Gasteiger partial charge in [0.25, 0.3) is 5.91 Å². The molecular formula is C22H26N6OS. The molecule has 7 nitrogen and oxygen atoms in total. The summed E-state index contributed by atoms with van der Waals surface area (Å²) in [6, 6.07) is 10.2. The molecule has 0 spiro atoms. The zero-order valence-electron chi connectivity index (χ0n) is 17.1. The van der Waals surface area contributed by atoms with Crippen molar-refractivity contribution in [1.82, 2.24) is 30.0 Å². The van der Waals surface area contributed by atoms with Crippen molar-refractivity contribution in [3.63, 3.8) is 0 Å². The summed E-state index contributed by atoms with van der Waals surface area (Å²) < 4.78 is 2.32. The van der Waals surface area contributed by atoms with Gasteiger partial charge >= 0.3 is 0 Å². The quantitative estimate of drug-likeness (QED) is 0.437. The van der Waals surface area contributed by atoms with Crippen LogP contribution in [0.25, 0.3) is 11.4 Å². The maximum absolute atomic E-state index is 12.4. The maximum atomic E-state index is 12.4. The summed E-state index contributed by atoms with van der Waals surface area (Å²) >= 11 is 1.65. The second-order valence-corrected chi connectivity index (χ2v) is 8.21. The fraction of sp³-hybridized carbons (Fsp3) is 0.409. The Balaban J connectivity index is 1.30. The minimum Gasteiger partial charge on any atom is -0.352 e. The topological polar surface area (TPSA) is 85.6 Å². The third kappa shape index (κ3) is 4.70. The average Bonchev–Trinajstić information content (AvgIpc) is 3.46. The second kappa shape index (κ2) is 9.84. The van der Waals surface area contributed by atoms with Gasteiger partial charge in [-0.3, -0.25) is 4.79 Å². The fourth-order valence-corrected chi connectivity index (χ4v) is 4.45. The Bertz CT molecular complexity index is 967. The highest BCUT2D eigenvalue weighted by Gasteiger charge is 2.23. The Morgan fingerprint density at radius 2 is 1.87 bits per heavy atom. The molecule has 8 heteroatoms. The van der Waals surface area contributed by atoms with Crippen molar-refractivity contribution in [3.05, 3.63) is 54.1 Å². The zero-order valence-corrected chi connectivity index (χ0v) is 17.9. The summed E-state index contributed by atoms with van der Waals surface area (Å²) in [6.07, 6.45) is 11.8. The summed E-state index contributed by atoms with van der Waals surface area (Å²) in [6.45, 7) is 0.575. The summed E-state index contributed by atoms with van der Waals surface area (Å²) in [4.78, 5) is 21.0. The van der Waals surface area contributed by atoms with Gasteiger partial charge in [-0.2, -0.15) is 0 Å². The van der Waals surface area contributed by atoms with Crippen LogP contribution in [0.2, 0.25) is 0 Å². The molecular weight excluding hydrogens is 396 g/mol. The summed E-state index contributed by atoms with van der Waals surface area (Å²) in [7, 11) is 0. The van der Waals surface area contributed by atoms with Crippen LogP contribution in [0.1, 0.15) is 54.3 Å². The van der Waals surface area contributed by atoms with E-state index in [-0.39, 0.29) is 5.91 Å². The summed E-state index contributed by atoms with van der Waals surface area (Å²) in [5, 5.41) is 12.7. The summed E-state index contributed by atoms with van der Waals surface area (Å²) in [5.74, 6) is 1.48. The molecule has 30 heavy (non-hydrogen) atoms. The Kier molecular flexibility index (Phi) is 6.74. The molecule has 0 saturated heterocycles. The van der Waals surface area contributed by atoms with E-state index in [0.29, 0.717) is 24.0 Å². The lowest BCUT2D eigenvalue weighted by Gasteiger charge is -2.16. The van der Waals surface area contributed by atoms with Gasteiger partial charge in [0, 0.05) is 37.0 Å². The lowest BCUT2D eigenvalue weighted by molar-refractivity contribution is 0.0952. The number of aryl methyl sites for hydroxylation is 1. The number of rotatable bonds is 8. The second-order valence-electron chi connectivity index (χ2n) is 7.43. The van der Waals surface area contributed by atoms with E-state index >= 15 is 0 Å². The van der Waals surface area contributed by atoms with E-state index in [2.05, 4.69) is 30.0 Å². The smallest absolute Gasteiger partial charge is 0.254 e. The first-order valence-corrected chi connectivity index (χ1v) is 11.6. The number of benzene rings is 1. The van der Waals surface area contributed by atoms with Gasteiger partial charge in [-0.25, -0.2) is 9.97 Å². The third-order valence-corrected chi connectivity index (χ3v) is 6.06. The van der Waals surface area contributed by atoms with Gasteiger partial charge in [-0.05, 0) is 25.5 Å². The van der Waals surface area contributed by atoms with Crippen LogP contribution in [0, 0.1) is 0 Å². The molecule has 0 bridgehead atoms. The van der Waals surface area contributed by atoms with Crippen molar-refractivity contribution < 1.29 is 4.79 Å². The number of aromatic nitrogens is 5. The fourth-order valence-electron chi connectivity index (χ4n) is 3.88. The van der Waals surface area contributed by atoms with Crippen LogP contribution in [0.15, 0.2) is 47.9 Å². The summed E-state index contributed by atoms with van der Waals surface area (Å²) in [5.41, 5.74) is 1.40. The van der Waals surface area contributed by atoms with Crippen molar-refractivity contribution in [2.24, 2.45) is 0 Å². The van der Waals surface area contributed by atoms with Crippen molar-refractivity contribution in [3.8, 4) is 11.4 Å². The molecule has 1 aliphatic rings. The van der Waals surface area contributed by atoms with Crippen molar-refractivity contribution in [2.45, 2.75) is 49.7 Å². The van der Waals surface area contributed by atoms with E-state index in [1.54, 1.807) is 24.2 Å².